The molecule has 0 unspecified atom stereocenters. The van der Waals surface area contributed by atoms with Crippen LogP contribution < -0.4 is 5.32 Å². The Hall–Kier alpha value is -0.880. The second-order valence-electron chi connectivity index (χ2n) is 5.06. The standard InChI is InChI=1S/C15H21ClN2O2S/c1-2-8-17-12-13-6-7-14(16)15(11-13)21(19,20)18-9-4-3-5-10-18/h3-4,6-7,11,17H,2,5,8-10,12H2,1H3. The largest absolute Gasteiger partial charge is 0.313 e. The number of benzene rings is 1. The van der Waals surface area contributed by atoms with Crippen molar-refractivity contribution in [3.05, 3.63) is 40.9 Å². The third-order valence-corrected chi connectivity index (χ3v) is 5.74. The van der Waals surface area contributed by atoms with Crippen LogP contribution in [0.2, 0.25) is 5.02 Å². The molecule has 4 nitrogen and oxygen atoms in total. The van der Waals surface area contributed by atoms with E-state index in [-0.39, 0.29) is 9.92 Å². The van der Waals surface area contributed by atoms with Gasteiger partial charge in [0.15, 0.2) is 0 Å². The molecule has 1 heterocycles. The zero-order chi connectivity index (χ0) is 15.3. The predicted octanol–water partition coefficient (Wildman–Crippen LogP) is 2.79. The minimum absolute atomic E-state index is 0.204. The van der Waals surface area contributed by atoms with Crippen LogP contribution in [0.4, 0.5) is 0 Å². The van der Waals surface area contributed by atoms with Crippen molar-refractivity contribution in [2.24, 2.45) is 0 Å². The van der Waals surface area contributed by atoms with Gasteiger partial charge in [-0.25, -0.2) is 8.42 Å². The van der Waals surface area contributed by atoms with Crippen LogP contribution in [0.1, 0.15) is 25.3 Å². The molecule has 0 radical (unpaired) electrons. The summed E-state index contributed by atoms with van der Waals surface area (Å²) in [4.78, 5) is 0.204. The zero-order valence-corrected chi connectivity index (χ0v) is 13.8. The van der Waals surface area contributed by atoms with Crippen molar-refractivity contribution in [2.45, 2.75) is 31.2 Å². The second-order valence-corrected chi connectivity index (χ2v) is 7.38. The Labute approximate surface area is 131 Å². The highest BCUT2D eigenvalue weighted by molar-refractivity contribution is 7.89. The third kappa shape index (κ3) is 4.07. The molecule has 1 aromatic rings. The van der Waals surface area contributed by atoms with Gasteiger partial charge in [-0.3, -0.25) is 0 Å². The molecular weight excluding hydrogens is 308 g/mol. The number of hydrogen-bond donors (Lipinski definition) is 1. The van der Waals surface area contributed by atoms with Crippen molar-refractivity contribution in [1.82, 2.24) is 9.62 Å². The summed E-state index contributed by atoms with van der Waals surface area (Å²) >= 11 is 6.12. The minimum Gasteiger partial charge on any atom is -0.313 e. The predicted molar refractivity (Wildman–Crippen MR) is 86.0 cm³/mol. The van der Waals surface area contributed by atoms with Gasteiger partial charge < -0.3 is 5.32 Å². The van der Waals surface area contributed by atoms with Gasteiger partial charge in [0.1, 0.15) is 4.90 Å². The lowest BCUT2D eigenvalue weighted by Gasteiger charge is -2.23. The van der Waals surface area contributed by atoms with Gasteiger partial charge in [-0.2, -0.15) is 4.31 Å². The van der Waals surface area contributed by atoms with Crippen LogP contribution in [0.3, 0.4) is 0 Å². The number of sulfonamides is 1. The van der Waals surface area contributed by atoms with Gasteiger partial charge in [-0.05, 0) is 37.1 Å². The fourth-order valence-corrected chi connectivity index (χ4v) is 4.17. The molecule has 1 aliphatic heterocycles. The van der Waals surface area contributed by atoms with E-state index in [1.807, 2.05) is 18.2 Å². The molecule has 0 saturated heterocycles. The lowest BCUT2D eigenvalue weighted by molar-refractivity contribution is 0.437. The molecule has 1 aliphatic rings. The molecule has 116 valence electrons. The lowest BCUT2D eigenvalue weighted by atomic mass is 10.2. The average molecular weight is 329 g/mol. The lowest BCUT2D eigenvalue weighted by Crippen LogP contribution is -2.34. The second kappa shape index (κ2) is 7.40. The van der Waals surface area contributed by atoms with Gasteiger partial charge in [0.25, 0.3) is 0 Å². The Kier molecular flexibility index (Phi) is 5.81. The molecule has 0 amide bonds. The van der Waals surface area contributed by atoms with Crippen molar-refractivity contribution in [2.75, 3.05) is 19.6 Å². The van der Waals surface area contributed by atoms with Crippen molar-refractivity contribution in [3.8, 4) is 0 Å². The van der Waals surface area contributed by atoms with E-state index < -0.39 is 10.0 Å². The van der Waals surface area contributed by atoms with E-state index in [1.54, 1.807) is 12.1 Å². The van der Waals surface area contributed by atoms with E-state index in [1.165, 1.54) is 4.31 Å². The first-order valence-electron chi connectivity index (χ1n) is 7.20. The molecule has 0 atom stereocenters. The number of hydrogen-bond acceptors (Lipinski definition) is 3. The molecule has 0 aromatic heterocycles. The fraction of sp³-hybridized carbons (Fsp3) is 0.467. The van der Waals surface area contributed by atoms with Gasteiger partial charge in [-0.15, -0.1) is 0 Å². The Morgan fingerprint density at radius 2 is 2.14 bits per heavy atom. The summed E-state index contributed by atoms with van der Waals surface area (Å²) in [7, 11) is -3.52. The highest BCUT2D eigenvalue weighted by Gasteiger charge is 2.26. The quantitative estimate of drug-likeness (QED) is 0.645. The number of nitrogens with zero attached hydrogens (tertiary/aromatic N) is 1. The Bertz CT molecular complexity index is 614. The number of rotatable bonds is 6. The van der Waals surface area contributed by atoms with Crippen LogP contribution in [-0.4, -0.2) is 32.4 Å². The molecule has 21 heavy (non-hydrogen) atoms. The summed E-state index contributed by atoms with van der Waals surface area (Å²) in [5, 5.41) is 3.55. The van der Waals surface area contributed by atoms with E-state index in [0.717, 1.165) is 24.9 Å². The summed E-state index contributed by atoms with van der Waals surface area (Å²) in [5.41, 5.74) is 0.930. The first kappa shape index (κ1) is 16.5. The van der Waals surface area contributed by atoms with Crippen molar-refractivity contribution in [1.29, 1.82) is 0 Å². The van der Waals surface area contributed by atoms with Crippen LogP contribution >= 0.6 is 11.6 Å². The average Bonchev–Trinajstić information content (AvgIpc) is 2.50. The van der Waals surface area contributed by atoms with Crippen LogP contribution in [0, 0.1) is 0 Å². The molecule has 0 aliphatic carbocycles. The van der Waals surface area contributed by atoms with E-state index in [2.05, 4.69) is 12.2 Å². The molecule has 2 rings (SSSR count). The molecule has 0 saturated carbocycles. The van der Waals surface area contributed by atoms with E-state index in [9.17, 15) is 8.42 Å². The van der Waals surface area contributed by atoms with Gasteiger partial charge in [-0.1, -0.05) is 36.7 Å². The molecule has 1 N–H and O–H groups in total. The van der Waals surface area contributed by atoms with Gasteiger partial charge in [0, 0.05) is 19.6 Å². The molecule has 6 heteroatoms. The summed E-state index contributed by atoms with van der Waals surface area (Å²) in [5.74, 6) is 0. The first-order valence-corrected chi connectivity index (χ1v) is 9.02. The summed E-state index contributed by atoms with van der Waals surface area (Å²) in [6.07, 6.45) is 5.66. The van der Waals surface area contributed by atoms with Crippen molar-refractivity contribution < 1.29 is 8.42 Å². The van der Waals surface area contributed by atoms with E-state index in [0.29, 0.717) is 19.6 Å². The Morgan fingerprint density at radius 3 is 2.81 bits per heavy atom. The first-order chi connectivity index (χ1) is 10.1. The van der Waals surface area contributed by atoms with Crippen LogP contribution in [-0.2, 0) is 16.6 Å². The van der Waals surface area contributed by atoms with Crippen molar-refractivity contribution in [3.63, 3.8) is 0 Å². The highest BCUT2D eigenvalue weighted by Crippen LogP contribution is 2.26. The highest BCUT2D eigenvalue weighted by atomic mass is 35.5. The summed E-state index contributed by atoms with van der Waals surface area (Å²) in [6, 6.07) is 5.20. The van der Waals surface area contributed by atoms with Gasteiger partial charge in [0.2, 0.25) is 10.0 Å². The normalized spacial score (nSPS) is 16.3. The molecule has 1 aromatic carbocycles. The summed E-state index contributed by atoms with van der Waals surface area (Å²) in [6.45, 7) is 4.56. The van der Waals surface area contributed by atoms with Crippen LogP contribution in [0.25, 0.3) is 0 Å². The number of halogens is 1. The maximum Gasteiger partial charge on any atom is 0.244 e. The van der Waals surface area contributed by atoms with Gasteiger partial charge in [0.05, 0.1) is 5.02 Å². The third-order valence-electron chi connectivity index (χ3n) is 3.39. The molecule has 0 bridgehead atoms. The molecule has 0 spiro atoms. The zero-order valence-electron chi connectivity index (χ0n) is 12.2. The number of nitrogens with one attached hydrogen (secondary N) is 1. The SMILES string of the molecule is CCCNCc1ccc(Cl)c(S(=O)(=O)N2CC=CCC2)c1. The molecular formula is C15H21ClN2O2S. The minimum atomic E-state index is -3.52. The van der Waals surface area contributed by atoms with Crippen LogP contribution in [0.5, 0.6) is 0 Å². The summed E-state index contributed by atoms with van der Waals surface area (Å²) < 4.78 is 26.8. The van der Waals surface area contributed by atoms with E-state index >= 15 is 0 Å². The maximum absolute atomic E-state index is 12.7. The van der Waals surface area contributed by atoms with Gasteiger partial charge >= 0.3 is 0 Å². The Balaban J connectivity index is 2.24. The maximum atomic E-state index is 12.7. The smallest absolute Gasteiger partial charge is 0.244 e. The molecule has 0 fully saturated rings. The Morgan fingerprint density at radius 1 is 1.33 bits per heavy atom. The van der Waals surface area contributed by atoms with Crippen LogP contribution in [0.15, 0.2) is 35.2 Å². The van der Waals surface area contributed by atoms with Crippen molar-refractivity contribution >= 4 is 21.6 Å². The monoisotopic (exact) mass is 328 g/mol. The topological polar surface area (TPSA) is 49.4 Å². The van der Waals surface area contributed by atoms with E-state index in [4.69, 9.17) is 11.6 Å². The fourth-order valence-electron chi connectivity index (χ4n) is 2.24.